The van der Waals surface area contributed by atoms with Crippen LogP contribution in [0.4, 0.5) is 0 Å². The second kappa shape index (κ2) is 6.21. The summed E-state index contributed by atoms with van der Waals surface area (Å²) in [5.41, 5.74) is 0.985. The van der Waals surface area contributed by atoms with Gasteiger partial charge in [-0.2, -0.15) is 0 Å². The summed E-state index contributed by atoms with van der Waals surface area (Å²) in [6.45, 7) is 4.20. The molecule has 0 unspecified atom stereocenters. The predicted octanol–water partition coefficient (Wildman–Crippen LogP) is 2.42. The largest absolute Gasteiger partial charge is 0.475 e. The van der Waals surface area contributed by atoms with Crippen LogP contribution >= 0.6 is 0 Å². The van der Waals surface area contributed by atoms with Crippen LogP contribution in [0.2, 0.25) is 0 Å². The van der Waals surface area contributed by atoms with Crippen molar-refractivity contribution < 1.29 is 19.2 Å². The van der Waals surface area contributed by atoms with E-state index in [0.29, 0.717) is 6.54 Å². The van der Waals surface area contributed by atoms with E-state index in [1.165, 1.54) is 0 Å². The Labute approximate surface area is 122 Å². The fourth-order valence-corrected chi connectivity index (χ4v) is 1.89. The molecule has 1 N–H and O–H groups in total. The Bertz CT molecular complexity index is 634. The minimum absolute atomic E-state index is 0.00275. The topological polar surface area (TPSA) is 83.6 Å². The zero-order valence-electron chi connectivity index (χ0n) is 11.8. The Morgan fingerprint density at radius 1 is 1.29 bits per heavy atom. The first-order chi connectivity index (χ1) is 9.99. The second-order valence-corrected chi connectivity index (χ2v) is 4.89. The summed E-state index contributed by atoms with van der Waals surface area (Å²) in [7, 11) is 0. The van der Waals surface area contributed by atoms with Crippen LogP contribution in [0.25, 0.3) is 0 Å². The van der Waals surface area contributed by atoms with Crippen LogP contribution in [0.15, 0.2) is 40.9 Å². The molecule has 21 heavy (non-hydrogen) atoms. The number of aromatic carboxylic acids is 1. The summed E-state index contributed by atoms with van der Waals surface area (Å²) in [6, 6.07) is 10.6. The van der Waals surface area contributed by atoms with Crippen LogP contribution < -0.4 is 0 Å². The molecule has 0 bridgehead atoms. The van der Waals surface area contributed by atoms with Gasteiger partial charge in [0.05, 0.1) is 0 Å². The monoisotopic (exact) mass is 288 g/mol. The molecule has 0 spiro atoms. The van der Waals surface area contributed by atoms with Crippen molar-refractivity contribution in [1.82, 2.24) is 10.1 Å². The molecule has 1 heterocycles. The summed E-state index contributed by atoms with van der Waals surface area (Å²) in [6.07, 6.45) is 0. The third-order valence-electron chi connectivity index (χ3n) is 3.02. The third-order valence-corrected chi connectivity index (χ3v) is 3.02. The van der Waals surface area contributed by atoms with Crippen molar-refractivity contribution in [2.24, 2.45) is 0 Å². The number of carboxylic acid groups (broad SMARTS) is 1. The number of carboxylic acids is 1. The van der Waals surface area contributed by atoms with Crippen LogP contribution in [-0.4, -0.2) is 33.1 Å². The highest BCUT2D eigenvalue weighted by Gasteiger charge is 2.24. The van der Waals surface area contributed by atoms with Crippen molar-refractivity contribution in [2.75, 3.05) is 0 Å². The quantitative estimate of drug-likeness (QED) is 0.913. The van der Waals surface area contributed by atoms with Crippen molar-refractivity contribution in [3.05, 3.63) is 53.4 Å². The van der Waals surface area contributed by atoms with Crippen LogP contribution in [0.3, 0.4) is 0 Å². The smallest absolute Gasteiger partial charge is 0.374 e. The van der Waals surface area contributed by atoms with Crippen LogP contribution in [0.5, 0.6) is 0 Å². The van der Waals surface area contributed by atoms with Crippen molar-refractivity contribution in [1.29, 1.82) is 0 Å². The molecular weight excluding hydrogens is 272 g/mol. The first-order valence-electron chi connectivity index (χ1n) is 6.54. The maximum Gasteiger partial charge on any atom is 0.374 e. The average Bonchev–Trinajstić information content (AvgIpc) is 2.95. The molecule has 0 saturated carbocycles. The molecule has 1 amide bonds. The fraction of sp³-hybridized carbons (Fsp3) is 0.267. The van der Waals surface area contributed by atoms with Crippen LogP contribution in [-0.2, 0) is 6.54 Å². The van der Waals surface area contributed by atoms with E-state index in [1.807, 2.05) is 44.2 Å². The summed E-state index contributed by atoms with van der Waals surface area (Å²) < 4.78 is 4.63. The van der Waals surface area contributed by atoms with Crippen molar-refractivity contribution in [2.45, 2.75) is 26.4 Å². The van der Waals surface area contributed by atoms with E-state index in [1.54, 1.807) is 4.90 Å². The Morgan fingerprint density at radius 3 is 2.48 bits per heavy atom. The number of carbonyl (C=O) groups excluding carboxylic acids is 1. The molecule has 2 aromatic rings. The molecule has 0 aliphatic rings. The van der Waals surface area contributed by atoms with Gasteiger partial charge in [-0.1, -0.05) is 35.5 Å². The molecule has 1 aromatic carbocycles. The lowest BCUT2D eigenvalue weighted by Crippen LogP contribution is -2.36. The third kappa shape index (κ3) is 3.47. The van der Waals surface area contributed by atoms with E-state index in [2.05, 4.69) is 9.68 Å². The lowest BCUT2D eigenvalue weighted by atomic mass is 10.1. The van der Waals surface area contributed by atoms with Gasteiger partial charge in [-0.25, -0.2) is 4.79 Å². The van der Waals surface area contributed by atoms with E-state index in [0.717, 1.165) is 11.6 Å². The highest BCUT2D eigenvalue weighted by atomic mass is 16.5. The molecule has 0 aliphatic carbocycles. The average molecular weight is 288 g/mol. The Kier molecular flexibility index (Phi) is 4.37. The maximum absolute atomic E-state index is 12.4. The molecule has 6 nitrogen and oxygen atoms in total. The molecule has 0 atom stereocenters. The molecule has 1 aromatic heterocycles. The number of benzene rings is 1. The predicted molar refractivity (Wildman–Crippen MR) is 74.9 cm³/mol. The van der Waals surface area contributed by atoms with E-state index < -0.39 is 5.97 Å². The normalized spacial score (nSPS) is 10.6. The summed E-state index contributed by atoms with van der Waals surface area (Å²) in [4.78, 5) is 24.8. The number of hydrogen-bond donors (Lipinski definition) is 1. The fourth-order valence-electron chi connectivity index (χ4n) is 1.89. The van der Waals surface area contributed by atoms with Crippen molar-refractivity contribution in [3.8, 4) is 0 Å². The minimum Gasteiger partial charge on any atom is -0.475 e. The van der Waals surface area contributed by atoms with Crippen molar-refractivity contribution >= 4 is 11.9 Å². The SMILES string of the molecule is CC(C)N(Cc1ccccc1)C(=O)c1cc(C(=O)O)on1. The van der Waals surface area contributed by atoms with Gasteiger partial charge in [0.25, 0.3) is 5.91 Å². The number of rotatable bonds is 5. The standard InChI is InChI=1S/C15H16N2O4/c1-10(2)17(9-11-6-4-3-5-7-11)14(18)12-8-13(15(19)20)21-16-12/h3-8,10H,9H2,1-2H3,(H,19,20). The number of carbonyl (C=O) groups is 2. The van der Waals surface area contributed by atoms with Gasteiger partial charge < -0.3 is 14.5 Å². The van der Waals surface area contributed by atoms with E-state index in [-0.39, 0.29) is 23.4 Å². The summed E-state index contributed by atoms with van der Waals surface area (Å²) in [5.74, 6) is -1.95. The lowest BCUT2D eigenvalue weighted by molar-refractivity contribution is 0.0642. The molecule has 2 rings (SSSR count). The number of amides is 1. The van der Waals surface area contributed by atoms with Gasteiger partial charge >= 0.3 is 5.97 Å². The van der Waals surface area contributed by atoms with Crippen LogP contribution in [0.1, 0.15) is 40.5 Å². The summed E-state index contributed by atoms with van der Waals surface area (Å²) >= 11 is 0. The number of aromatic nitrogens is 1. The van der Waals surface area contributed by atoms with E-state index in [9.17, 15) is 9.59 Å². The molecule has 0 saturated heterocycles. The highest BCUT2D eigenvalue weighted by molar-refractivity contribution is 5.95. The van der Waals surface area contributed by atoms with Gasteiger partial charge in [0.15, 0.2) is 5.69 Å². The summed E-state index contributed by atoms with van der Waals surface area (Å²) in [5, 5.41) is 12.3. The Hall–Kier alpha value is -2.63. The van der Waals surface area contributed by atoms with Gasteiger partial charge in [-0.05, 0) is 19.4 Å². The number of nitrogens with zero attached hydrogens (tertiary/aromatic N) is 2. The van der Waals surface area contributed by atoms with Gasteiger partial charge in [0, 0.05) is 18.7 Å². The maximum atomic E-state index is 12.4. The first-order valence-corrected chi connectivity index (χ1v) is 6.54. The zero-order chi connectivity index (χ0) is 15.4. The molecule has 6 heteroatoms. The highest BCUT2D eigenvalue weighted by Crippen LogP contribution is 2.13. The lowest BCUT2D eigenvalue weighted by Gasteiger charge is -2.25. The van der Waals surface area contributed by atoms with Crippen molar-refractivity contribution in [3.63, 3.8) is 0 Å². The Balaban J connectivity index is 2.21. The minimum atomic E-state index is -1.25. The zero-order valence-corrected chi connectivity index (χ0v) is 11.8. The first kappa shape index (κ1) is 14.8. The van der Waals surface area contributed by atoms with Gasteiger partial charge in [0.1, 0.15) is 0 Å². The Morgan fingerprint density at radius 2 is 1.95 bits per heavy atom. The molecule has 0 fully saturated rings. The van der Waals surface area contributed by atoms with E-state index in [4.69, 9.17) is 5.11 Å². The van der Waals surface area contributed by atoms with Crippen LogP contribution in [0, 0.1) is 0 Å². The van der Waals surface area contributed by atoms with E-state index >= 15 is 0 Å². The molecular formula is C15H16N2O4. The van der Waals surface area contributed by atoms with Gasteiger partial charge in [-0.3, -0.25) is 4.79 Å². The second-order valence-electron chi connectivity index (χ2n) is 4.89. The van der Waals surface area contributed by atoms with Gasteiger partial charge in [0.2, 0.25) is 5.76 Å². The van der Waals surface area contributed by atoms with Gasteiger partial charge in [-0.15, -0.1) is 0 Å². The molecule has 110 valence electrons. The molecule has 0 radical (unpaired) electrons. The molecule has 0 aliphatic heterocycles. The number of hydrogen-bond acceptors (Lipinski definition) is 4.